The number of aliphatic imine (C=N–C) groups is 1. The Bertz CT molecular complexity index is 606. The Hall–Kier alpha value is -0.900. The highest BCUT2D eigenvalue weighted by atomic mass is 127. The normalized spacial score (nSPS) is 19.4. The second-order valence-corrected chi connectivity index (χ2v) is 7.44. The van der Waals surface area contributed by atoms with Gasteiger partial charge in [-0.3, -0.25) is 14.8 Å². The SMILES string of the molecule is CCNC(=NCC(C)N1CCc2ccccc2C1)NCCN1CCOCC1.I. The van der Waals surface area contributed by atoms with E-state index in [0.717, 1.165) is 78.0 Å². The Morgan fingerprint density at radius 3 is 2.64 bits per heavy atom. The molecule has 1 atom stereocenters. The number of hydrogen-bond acceptors (Lipinski definition) is 4. The lowest BCUT2D eigenvalue weighted by Crippen LogP contribution is -2.45. The van der Waals surface area contributed by atoms with E-state index in [1.54, 1.807) is 0 Å². The van der Waals surface area contributed by atoms with Crippen LogP contribution in [0.5, 0.6) is 0 Å². The van der Waals surface area contributed by atoms with E-state index in [9.17, 15) is 0 Å². The molecule has 2 aliphatic rings. The quantitative estimate of drug-likeness (QED) is 0.340. The number of morpholine rings is 1. The maximum Gasteiger partial charge on any atom is 0.191 e. The summed E-state index contributed by atoms with van der Waals surface area (Å²) in [7, 11) is 0. The fraction of sp³-hybridized carbons (Fsp3) is 0.667. The molecule has 28 heavy (non-hydrogen) atoms. The molecule has 2 aliphatic heterocycles. The molecule has 0 radical (unpaired) electrons. The predicted molar refractivity (Wildman–Crippen MR) is 127 cm³/mol. The van der Waals surface area contributed by atoms with Gasteiger partial charge in [-0.25, -0.2) is 0 Å². The molecule has 0 aromatic heterocycles. The van der Waals surface area contributed by atoms with Crippen molar-refractivity contribution in [3.05, 3.63) is 35.4 Å². The van der Waals surface area contributed by atoms with Crippen LogP contribution in [0, 0.1) is 0 Å². The largest absolute Gasteiger partial charge is 0.379 e. The van der Waals surface area contributed by atoms with Gasteiger partial charge >= 0.3 is 0 Å². The van der Waals surface area contributed by atoms with E-state index in [1.807, 2.05) is 0 Å². The zero-order valence-corrected chi connectivity index (χ0v) is 19.7. The lowest BCUT2D eigenvalue weighted by Gasteiger charge is -2.33. The van der Waals surface area contributed by atoms with E-state index < -0.39 is 0 Å². The monoisotopic (exact) mass is 501 g/mol. The number of benzene rings is 1. The van der Waals surface area contributed by atoms with Crippen LogP contribution in [-0.2, 0) is 17.7 Å². The third-order valence-corrected chi connectivity index (χ3v) is 5.47. The van der Waals surface area contributed by atoms with E-state index in [2.05, 4.69) is 58.5 Å². The highest BCUT2D eigenvalue weighted by Crippen LogP contribution is 2.20. The zero-order valence-electron chi connectivity index (χ0n) is 17.3. The molecule has 158 valence electrons. The number of nitrogens with zero attached hydrogens (tertiary/aromatic N) is 3. The number of fused-ring (bicyclic) bond motifs is 1. The van der Waals surface area contributed by atoms with Crippen molar-refractivity contribution in [3.8, 4) is 0 Å². The van der Waals surface area contributed by atoms with Crippen LogP contribution in [0.4, 0.5) is 0 Å². The Kier molecular flexibility index (Phi) is 10.5. The van der Waals surface area contributed by atoms with Crippen LogP contribution in [0.1, 0.15) is 25.0 Å². The van der Waals surface area contributed by atoms with Crippen LogP contribution in [0.3, 0.4) is 0 Å². The second kappa shape index (κ2) is 12.6. The first-order valence-electron chi connectivity index (χ1n) is 10.4. The van der Waals surface area contributed by atoms with Gasteiger partial charge in [0, 0.05) is 51.9 Å². The van der Waals surface area contributed by atoms with Gasteiger partial charge in [0.25, 0.3) is 0 Å². The van der Waals surface area contributed by atoms with Gasteiger partial charge in [-0.15, -0.1) is 24.0 Å². The summed E-state index contributed by atoms with van der Waals surface area (Å²) < 4.78 is 5.41. The maximum absolute atomic E-state index is 5.41. The predicted octanol–water partition coefficient (Wildman–Crippen LogP) is 1.94. The number of hydrogen-bond donors (Lipinski definition) is 2. The average Bonchev–Trinajstić information content (AvgIpc) is 2.72. The maximum atomic E-state index is 5.41. The summed E-state index contributed by atoms with van der Waals surface area (Å²) in [4.78, 5) is 9.82. The highest BCUT2D eigenvalue weighted by molar-refractivity contribution is 14.0. The van der Waals surface area contributed by atoms with Gasteiger partial charge < -0.3 is 15.4 Å². The van der Waals surface area contributed by atoms with E-state index in [-0.39, 0.29) is 24.0 Å². The molecule has 0 spiro atoms. The summed E-state index contributed by atoms with van der Waals surface area (Å²) in [6, 6.07) is 9.25. The van der Waals surface area contributed by atoms with Crippen LogP contribution in [0.15, 0.2) is 29.3 Å². The van der Waals surface area contributed by atoms with Gasteiger partial charge in [0.2, 0.25) is 0 Å². The van der Waals surface area contributed by atoms with Crippen LogP contribution in [-0.4, -0.2) is 80.8 Å². The molecule has 1 saturated heterocycles. The molecule has 1 fully saturated rings. The van der Waals surface area contributed by atoms with Gasteiger partial charge in [0.15, 0.2) is 5.96 Å². The molecule has 3 rings (SSSR count). The third kappa shape index (κ3) is 7.17. The number of guanidine groups is 1. The van der Waals surface area contributed by atoms with Crippen LogP contribution >= 0.6 is 24.0 Å². The van der Waals surface area contributed by atoms with Crippen molar-refractivity contribution in [2.24, 2.45) is 4.99 Å². The molecule has 0 aliphatic carbocycles. The van der Waals surface area contributed by atoms with Crippen molar-refractivity contribution >= 4 is 29.9 Å². The van der Waals surface area contributed by atoms with Gasteiger partial charge in [0.05, 0.1) is 19.8 Å². The van der Waals surface area contributed by atoms with E-state index in [4.69, 9.17) is 9.73 Å². The Labute approximate surface area is 187 Å². The Morgan fingerprint density at radius 1 is 1.14 bits per heavy atom. The van der Waals surface area contributed by atoms with Crippen molar-refractivity contribution < 1.29 is 4.74 Å². The van der Waals surface area contributed by atoms with E-state index >= 15 is 0 Å². The number of ether oxygens (including phenoxy) is 1. The molecule has 2 N–H and O–H groups in total. The van der Waals surface area contributed by atoms with Gasteiger partial charge in [-0.2, -0.15) is 0 Å². The minimum absolute atomic E-state index is 0. The number of nitrogens with one attached hydrogen (secondary N) is 2. The Morgan fingerprint density at radius 2 is 1.89 bits per heavy atom. The third-order valence-electron chi connectivity index (χ3n) is 5.47. The smallest absolute Gasteiger partial charge is 0.191 e. The standard InChI is InChI=1S/C21H35N5O.HI/c1-3-22-21(23-9-11-25-12-14-27-15-13-25)24-16-18(2)26-10-8-19-6-4-5-7-20(19)17-26;/h4-7,18H,3,8-17H2,1-2H3,(H2,22,23,24);1H. The lowest BCUT2D eigenvalue weighted by atomic mass is 9.99. The minimum Gasteiger partial charge on any atom is -0.379 e. The van der Waals surface area contributed by atoms with Crippen molar-refractivity contribution in [1.82, 2.24) is 20.4 Å². The van der Waals surface area contributed by atoms with Crippen molar-refractivity contribution in [2.75, 3.05) is 59.0 Å². The summed E-state index contributed by atoms with van der Waals surface area (Å²) in [5, 5.41) is 6.85. The molecular formula is C21H36IN5O. The molecule has 1 aromatic carbocycles. The number of rotatable bonds is 7. The minimum atomic E-state index is 0. The van der Waals surface area contributed by atoms with Crippen molar-refractivity contribution in [1.29, 1.82) is 0 Å². The van der Waals surface area contributed by atoms with Gasteiger partial charge in [-0.05, 0) is 31.4 Å². The first kappa shape index (κ1) is 23.4. The molecule has 7 heteroatoms. The lowest BCUT2D eigenvalue weighted by molar-refractivity contribution is 0.0389. The fourth-order valence-electron chi connectivity index (χ4n) is 3.73. The highest BCUT2D eigenvalue weighted by Gasteiger charge is 2.20. The van der Waals surface area contributed by atoms with E-state index in [0.29, 0.717) is 6.04 Å². The summed E-state index contributed by atoms with van der Waals surface area (Å²) in [5.41, 5.74) is 2.97. The van der Waals surface area contributed by atoms with Crippen LogP contribution in [0.2, 0.25) is 0 Å². The molecule has 0 bridgehead atoms. The van der Waals surface area contributed by atoms with E-state index in [1.165, 1.54) is 11.1 Å². The average molecular weight is 501 g/mol. The van der Waals surface area contributed by atoms with Gasteiger partial charge in [0.1, 0.15) is 0 Å². The van der Waals surface area contributed by atoms with Crippen LogP contribution in [0.25, 0.3) is 0 Å². The summed E-state index contributed by atoms with van der Waals surface area (Å²) in [5.74, 6) is 0.926. The topological polar surface area (TPSA) is 52.1 Å². The first-order valence-corrected chi connectivity index (χ1v) is 10.4. The summed E-state index contributed by atoms with van der Waals surface area (Å²) >= 11 is 0. The van der Waals surface area contributed by atoms with Gasteiger partial charge in [-0.1, -0.05) is 24.3 Å². The molecular weight excluding hydrogens is 465 g/mol. The molecule has 0 saturated carbocycles. The molecule has 2 heterocycles. The number of halogens is 1. The first-order chi connectivity index (χ1) is 13.3. The fourth-order valence-corrected chi connectivity index (χ4v) is 3.73. The molecule has 1 unspecified atom stereocenters. The molecule has 6 nitrogen and oxygen atoms in total. The molecule has 1 aromatic rings. The zero-order chi connectivity index (χ0) is 18.9. The van der Waals surface area contributed by atoms with Crippen molar-refractivity contribution in [3.63, 3.8) is 0 Å². The summed E-state index contributed by atoms with van der Waals surface area (Å²) in [6.45, 7) is 14.0. The second-order valence-electron chi connectivity index (χ2n) is 7.44. The Balaban J connectivity index is 0.00000280. The summed E-state index contributed by atoms with van der Waals surface area (Å²) in [6.07, 6.45) is 1.14. The van der Waals surface area contributed by atoms with Crippen molar-refractivity contribution in [2.45, 2.75) is 32.9 Å². The van der Waals surface area contributed by atoms with Crippen LogP contribution < -0.4 is 10.6 Å². The molecule has 0 amide bonds.